The van der Waals surface area contributed by atoms with Crippen LogP contribution in [0.5, 0.6) is 0 Å². The smallest absolute Gasteiger partial charge is 0.219 e. The van der Waals surface area contributed by atoms with Gasteiger partial charge in [-0.3, -0.25) is 28.1 Å². The third-order valence-electron chi connectivity index (χ3n) is 8.64. The number of nitrogens with one attached hydrogen (secondary N) is 3. The molecule has 0 aliphatic rings. The van der Waals surface area contributed by atoms with E-state index in [1.807, 2.05) is 18.2 Å². The molecule has 4 aromatic carbocycles. The molecule has 3 aromatic heterocycles. The van der Waals surface area contributed by atoms with Gasteiger partial charge < -0.3 is 0 Å². The minimum atomic E-state index is 0.257. The Balaban J connectivity index is 1.24. The van der Waals surface area contributed by atoms with Crippen LogP contribution in [0.3, 0.4) is 0 Å². The summed E-state index contributed by atoms with van der Waals surface area (Å²) in [7, 11) is 0. The zero-order chi connectivity index (χ0) is 35.0. The highest BCUT2D eigenvalue weighted by Gasteiger charge is 2.19. The van der Waals surface area contributed by atoms with Crippen molar-refractivity contribution in [1.29, 1.82) is 16.2 Å². The lowest BCUT2D eigenvalue weighted by molar-refractivity contribution is 0.682. The van der Waals surface area contributed by atoms with Crippen LogP contribution in [0.2, 0.25) is 0 Å². The molecule has 258 valence electrons. The summed E-state index contributed by atoms with van der Waals surface area (Å²) >= 11 is 4.06. The fourth-order valence-electron chi connectivity index (χ4n) is 6.27. The molecule has 0 spiro atoms. The first-order valence-corrected chi connectivity index (χ1v) is 19.5. The quantitative estimate of drug-likeness (QED) is 0.0998. The van der Waals surface area contributed by atoms with Crippen molar-refractivity contribution >= 4 is 34.6 Å². The lowest BCUT2D eigenvalue weighted by atomic mass is 10.0. The van der Waals surface area contributed by atoms with Gasteiger partial charge >= 0.3 is 0 Å². The third kappa shape index (κ3) is 8.83. The molecular formula is C39H39N9S3. The van der Waals surface area contributed by atoms with Gasteiger partial charge in [-0.25, -0.2) is 0 Å². The molecule has 12 heteroatoms. The van der Waals surface area contributed by atoms with Crippen LogP contribution < -0.4 is 14.4 Å². The Morgan fingerprint density at radius 2 is 0.686 bits per heavy atom. The second kappa shape index (κ2) is 16.3. The average molecular weight is 730 g/mol. The van der Waals surface area contributed by atoms with E-state index in [-0.39, 0.29) is 14.4 Å². The molecule has 0 radical (unpaired) electrons. The Kier molecular flexibility index (Phi) is 11.0. The molecular weight excluding hydrogens is 691 g/mol. The van der Waals surface area contributed by atoms with Crippen molar-refractivity contribution in [3.05, 3.63) is 140 Å². The molecule has 51 heavy (non-hydrogen) atoms. The second-order valence-electron chi connectivity index (χ2n) is 12.4. The Morgan fingerprint density at radius 1 is 0.412 bits per heavy atom. The third-order valence-corrected chi connectivity index (χ3v) is 11.2. The first-order chi connectivity index (χ1) is 25.0. The number of aryl methyl sites for hydroxylation is 6. The van der Waals surface area contributed by atoms with Gasteiger partial charge in [0.2, 0.25) is 14.4 Å². The van der Waals surface area contributed by atoms with Crippen LogP contribution in [0.1, 0.15) is 36.0 Å². The molecule has 3 N–H and O–H groups in total. The van der Waals surface area contributed by atoms with Crippen molar-refractivity contribution in [3.8, 4) is 34.2 Å². The molecule has 0 fully saturated rings. The molecule has 3 heterocycles. The number of aromatic nitrogens is 6. The molecule has 7 aromatic rings. The highest BCUT2D eigenvalue weighted by atomic mass is 32.1. The summed E-state index contributed by atoms with van der Waals surface area (Å²) in [5.74, 6) is 2.19. The number of hydrogen-bond donors (Lipinski definition) is 3. The largest absolute Gasteiger partial charge is 0.278 e. The minimum Gasteiger partial charge on any atom is -0.278 e. The maximum atomic E-state index is 8.52. The van der Waals surface area contributed by atoms with E-state index in [0.29, 0.717) is 0 Å². The van der Waals surface area contributed by atoms with Gasteiger partial charge in [0.25, 0.3) is 0 Å². The monoisotopic (exact) mass is 729 g/mol. The van der Waals surface area contributed by atoms with E-state index in [4.69, 9.17) is 31.2 Å². The van der Waals surface area contributed by atoms with E-state index in [2.05, 4.69) is 103 Å². The summed E-state index contributed by atoms with van der Waals surface area (Å²) in [6, 6.07) is 37.7. The molecule has 0 saturated heterocycles. The molecule has 0 unspecified atom stereocenters. The summed E-state index contributed by atoms with van der Waals surface area (Å²) in [6.45, 7) is 2.21. The van der Waals surface area contributed by atoms with E-state index in [0.717, 1.165) is 92.3 Å². The topological polar surface area (TPSA) is 125 Å². The Hall–Kier alpha value is -5.04. The molecule has 0 amide bonds. The van der Waals surface area contributed by atoms with Crippen molar-refractivity contribution in [2.45, 2.75) is 58.2 Å². The molecule has 0 aliphatic carbocycles. The standard InChI is InChI=1S/C39H39N9S3/c40-37-43-34(46(49-37)22-10-19-28-13-4-1-5-14-28)31-25-32(35-44-38(41)50-47(35)23-11-20-29-15-6-2-7-16-29)27-33(26-31)36-45-39(42)51-48(36)24-12-21-30-17-8-3-9-18-30/h1-9,13-18,25-27,40-42H,10-12,19-24H2. The van der Waals surface area contributed by atoms with Gasteiger partial charge in [-0.1, -0.05) is 91.0 Å². The highest BCUT2D eigenvalue weighted by Crippen LogP contribution is 2.32. The number of benzene rings is 4. The minimum absolute atomic E-state index is 0.257. The molecule has 0 saturated carbocycles. The van der Waals surface area contributed by atoms with Crippen LogP contribution in [-0.2, 0) is 38.9 Å². The second-order valence-corrected chi connectivity index (χ2v) is 15.4. The van der Waals surface area contributed by atoms with Gasteiger partial charge in [-0.15, -0.1) is 0 Å². The lowest BCUT2D eigenvalue weighted by Crippen LogP contribution is -2.04. The average Bonchev–Trinajstić information content (AvgIpc) is 3.84. The van der Waals surface area contributed by atoms with Gasteiger partial charge in [0.15, 0.2) is 17.5 Å². The van der Waals surface area contributed by atoms with E-state index >= 15 is 0 Å². The molecule has 0 bridgehead atoms. The van der Waals surface area contributed by atoms with E-state index in [1.54, 1.807) is 0 Å². The van der Waals surface area contributed by atoms with Gasteiger partial charge in [-0.05, 0) is 108 Å². The van der Waals surface area contributed by atoms with Crippen molar-refractivity contribution in [3.63, 3.8) is 0 Å². The van der Waals surface area contributed by atoms with E-state index in [1.165, 1.54) is 51.3 Å². The number of rotatable bonds is 15. The Labute approximate surface area is 308 Å². The van der Waals surface area contributed by atoms with Crippen molar-refractivity contribution < 1.29 is 0 Å². The Morgan fingerprint density at radius 3 is 0.961 bits per heavy atom. The van der Waals surface area contributed by atoms with Crippen LogP contribution in [0.25, 0.3) is 34.2 Å². The van der Waals surface area contributed by atoms with Crippen molar-refractivity contribution in [2.24, 2.45) is 0 Å². The predicted molar refractivity (Wildman–Crippen MR) is 206 cm³/mol. The van der Waals surface area contributed by atoms with Gasteiger partial charge in [0, 0.05) is 36.3 Å². The van der Waals surface area contributed by atoms with Crippen molar-refractivity contribution in [1.82, 2.24) is 26.8 Å². The van der Waals surface area contributed by atoms with Crippen molar-refractivity contribution in [2.75, 3.05) is 0 Å². The summed E-state index contributed by atoms with van der Waals surface area (Å²) in [5.41, 5.74) is 6.46. The maximum Gasteiger partial charge on any atom is 0.219 e. The van der Waals surface area contributed by atoms with Crippen LogP contribution in [0.15, 0.2) is 109 Å². The lowest BCUT2D eigenvalue weighted by Gasteiger charge is -2.13. The van der Waals surface area contributed by atoms with Crippen LogP contribution in [0, 0.1) is 16.2 Å². The highest BCUT2D eigenvalue weighted by molar-refractivity contribution is 7.04. The van der Waals surface area contributed by atoms with Crippen LogP contribution >= 0.6 is 34.6 Å². The fourth-order valence-corrected chi connectivity index (χ4v) is 8.64. The molecule has 0 aliphatic heterocycles. The summed E-state index contributed by atoms with van der Waals surface area (Å²) in [6.07, 6.45) is 5.56. The number of nitrogens with zero attached hydrogens (tertiary/aromatic N) is 6. The summed E-state index contributed by atoms with van der Waals surface area (Å²) in [4.78, 5) is 14.9. The van der Waals surface area contributed by atoms with Gasteiger partial charge in [0.1, 0.15) is 0 Å². The van der Waals surface area contributed by atoms with Crippen LogP contribution in [0.4, 0.5) is 0 Å². The maximum absolute atomic E-state index is 8.52. The fraction of sp³-hybridized carbons (Fsp3) is 0.231. The first-order valence-electron chi connectivity index (χ1n) is 17.1. The zero-order valence-electron chi connectivity index (χ0n) is 28.2. The molecule has 7 rings (SSSR count). The summed E-state index contributed by atoms with van der Waals surface area (Å²) < 4.78 is 6.35. The Bertz CT molecular complexity index is 2090. The first kappa shape index (κ1) is 34.4. The summed E-state index contributed by atoms with van der Waals surface area (Å²) in [5, 5.41) is 25.6. The molecule has 0 atom stereocenters. The van der Waals surface area contributed by atoms with Crippen LogP contribution in [-0.4, -0.2) is 26.8 Å². The molecule has 9 nitrogen and oxygen atoms in total. The van der Waals surface area contributed by atoms with Gasteiger partial charge in [0.05, 0.1) is 0 Å². The van der Waals surface area contributed by atoms with Gasteiger partial charge in [-0.2, -0.15) is 15.0 Å². The predicted octanol–water partition coefficient (Wildman–Crippen LogP) is 7.80. The SMILES string of the molecule is N=c1nc(-c2cc(-c3nc(=N)sn3CCCc3ccccc3)cc(-c3nc(=N)sn3CCCc3ccccc3)c2)n(CCCc2ccccc2)s1. The zero-order valence-corrected chi connectivity index (χ0v) is 30.6. The van der Waals surface area contributed by atoms with E-state index < -0.39 is 0 Å². The van der Waals surface area contributed by atoms with E-state index in [9.17, 15) is 0 Å². The normalized spacial score (nSPS) is 11.3. The number of hydrogen-bond acceptors (Lipinski definition) is 9.